The molecule has 27 heavy (non-hydrogen) atoms. The Morgan fingerprint density at radius 1 is 1.19 bits per heavy atom. The molecule has 0 aliphatic heterocycles. The van der Waals surface area contributed by atoms with Gasteiger partial charge in [0.05, 0.1) is 11.7 Å². The van der Waals surface area contributed by atoms with Crippen LogP contribution in [0.3, 0.4) is 0 Å². The number of amides is 1. The molecule has 0 saturated heterocycles. The molecule has 0 aromatic carbocycles. The summed E-state index contributed by atoms with van der Waals surface area (Å²) in [5.41, 5.74) is 0.635. The van der Waals surface area contributed by atoms with E-state index in [1.807, 2.05) is 0 Å². The highest BCUT2D eigenvalue weighted by Gasteiger charge is 2.56. The molecule has 3 saturated carbocycles. The van der Waals surface area contributed by atoms with E-state index in [1.165, 1.54) is 0 Å². The second-order valence-electron chi connectivity index (χ2n) is 9.00. The Balaban J connectivity index is 1.53. The normalized spacial score (nSPS) is 26.0. The number of alkyl halides is 4. The van der Waals surface area contributed by atoms with Crippen LogP contribution < -0.4 is 5.32 Å². The van der Waals surface area contributed by atoms with E-state index in [4.69, 9.17) is 0 Å². The van der Waals surface area contributed by atoms with Crippen LogP contribution in [0.15, 0.2) is 0 Å². The lowest BCUT2D eigenvalue weighted by atomic mass is 9.65. The maximum Gasteiger partial charge on any atom is 0.250 e. The van der Waals surface area contributed by atoms with Crippen molar-refractivity contribution in [2.45, 2.75) is 88.5 Å². The van der Waals surface area contributed by atoms with Gasteiger partial charge in [0.15, 0.2) is 0 Å². The zero-order valence-electron chi connectivity index (χ0n) is 15.6. The fourth-order valence-corrected chi connectivity index (χ4v) is 4.77. The molecule has 4 nitrogen and oxygen atoms in total. The number of hydrogen-bond acceptors (Lipinski definition) is 2. The number of nitrogens with one attached hydrogen (secondary N) is 1. The summed E-state index contributed by atoms with van der Waals surface area (Å²) in [6.07, 6.45) is 2.00. The van der Waals surface area contributed by atoms with Crippen LogP contribution in [0.5, 0.6) is 0 Å². The van der Waals surface area contributed by atoms with Crippen LogP contribution in [0.4, 0.5) is 23.4 Å². The average molecular weight is 387 g/mol. The summed E-state index contributed by atoms with van der Waals surface area (Å²) < 4.78 is 54.7. The molecule has 8 heteroatoms. The first-order valence-electron chi connectivity index (χ1n) is 9.63. The predicted molar refractivity (Wildman–Crippen MR) is 92.3 cm³/mol. The summed E-state index contributed by atoms with van der Waals surface area (Å²) in [5.74, 6) is -5.38. The van der Waals surface area contributed by atoms with Crippen LogP contribution in [0.1, 0.15) is 75.6 Å². The van der Waals surface area contributed by atoms with E-state index in [1.54, 1.807) is 18.5 Å². The number of nitrogens with zero attached hydrogens (tertiary/aromatic N) is 2. The van der Waals surface area contributed by atoms with Gasteiger partial charge in [0.2, 0.25) is 17.8 Å². The minimum atomic E-state index is -2.67. The van der Waals surface area contributed by atoms with Crippen molar-refractivity contribution < 1.29 is 22.4 Å². The van der Waals surface area contributed by atoms with Gasteiger partial charge < -0.3 is 5.32 Å². The first-order valence-corrected chi connectivity index (χ1v) is 9.63. The Morgan fingerprint density at radius 3 is 2.30 bits per heavy atom. The quantitative estimate of drug-likeness (QED) is 0.725. The van der Waals surface area contributed by atoms with Crippen molar-refractivity contribution >= 4 is 11.7 Å². The molecule has 0 atom stereocenters. The summed E-state index contributed by atoms with van der Waals surface area (Å²) in [6, 6.07) is 0.157. The van der Waals surface area contributed by atoms with Crippen molar-refractivity contribution in [2.75, 3.05) is 5.32 Å². The van der Waals surface area contributed by atoms with Crippen LogP contribution >= 0.6 is 0 Å². The van der Waals surface area contributed by atoms with Crippen molar-refractivity contribution in [1.82, 2.24) is 9.78 Å². The molecule has 3 aliphatic rings. The summed E-state index contributed by atoms with van der Waals surface area (Å²) in [7, 11) is 0. The molecule has 3 fully saturated rings. The van der Waals surface area contributed by atoms with Crippen LogP contribution in [0.2, 0.25) is 0 Å². The summed E-state index contributed by atoms with van der Waals surface area (Å²) >= 11 is 0. The Kier molecular flexibility index (Phi) is 4.13. The molecule has 4 rings (SSSR count). The molecular formula is C19H25F4N3O. The molecule has 0 radical (unpaired) electrons. The Bertz CT molecular complexity index is 753. The minimum Gasteiger partial charge on any atom is -0.311 e. The third kappa shape index (κ3) is 3.36. The lowest BCUT2D eigenvalue weighted by Gasteiger charge is -2.44. The summed E-state index contributed by atoms with van der Waals surface area (Å²) in [4.78, 5) is 12.4. The standard InChI is InChI=1S/C19H25F4N3O/c1-11-15(17(2)9-19(22,23)10-17)25-26(13-4-3-5-13)16(11)24-14(27)6-12-7-18(20,21)8-12/h12-13H,3-10H2,1-2H3,(H,24,27). The van der Waals surface area contributed by atoms with Crippen LogP contribution in [0.25, 0.3) is 0 Å². The minimum absolute atomic E-state index is 0.0511. The molecule has 1 aromatic heterocycles. The van der Waals surface area contributed by atoms with Crippen molar-refractivity contribution in [3.05, 3.63) is 11.3 Å². The number of hydrogen-bond donors (Lipinski definition) is 1. The molecule has 0 bridgehead atoms. The van der Waals surface area contributed by atoms with E-state index < -0.39 is 17.3 Å². The van der Waals surface area contributed by atoms with E-state index in [0.717, 1.165) is 19.3 Å². The molecule has 0 spiro atoms. The van der Waals surface area contributed by atoms with Gasteiger partial charge in [-0.25, -0.2) is 22.2 Å². The smallest absolute Gasteiger partial charge is 0.250 e. The van der Waals surface area contributed by atoms with Gasteiger partial charge in [-0.2, -0.15) is 5.10 Å². The van der Waals surface area contributed by atoms with Crippen LogP contribution in [-0.2, 0) is 10.2 Å². The summed E-state index contributed by atoms with van der Waals surface area (Å²) in [6.45, 7) is 3.58. The molecule has 1 amide bonds. The number of carbonyl (C=O) groups is 1. The lowest BCUT2D eigenvalue weighted by Crippen LogP contribution is -2.47. The van der Waals surface area contributed by atoms with E-state index in [0.29, 0.717) is 17.1 Å². The molecular weight excluding hydrogens is 362 g/mol. The van der Waals surface area contributed by atoms with Gasteiger partial charge in [-0.3, -0.25) is 4.79 Å². The zero-order chi connectivity index (χ0) is 19.6. The van der Waals surface area contributed by atoms with Gasteiger partial charge >= 0.3 is 0 Å². The van der Waals surface area contributed by atoms with E-state index in [2.05, 4.69) is 10.4 Å². The average Bonchev–Trinajstić information content (AvgIpc) is 2.71. The van der Waals surface area contributed by atoms with Gasteiger partial charge in [-0.15, -0.1) is 0 Å². The highest BCUT2D eigenvalue weighted by Crippen LogP contribution is 2.54. The molecule has 1 N–H and O–H groups in total. The van der Waals surface area contributed by atoms with Gasteiger partial charge in [0.1, 0.15) is 5.82 Å². The number of anilines is 1. The largest absolute Gasteiger partial charge is 0.311 e. The van der Waals surface area contributed by atoms with Crippen LogP contribution in [-0.4, -0.2) is 27.5 Å². The maximum atomic E-state index is 13.5. The third-order valence-corrected chi connectivity index (χ3v) is 6.34. The molecule has 3 aliphatic carbocycles. The predicted octanol–water partition coefficient (Wildman–Crippen LogP) is 4.98. The first-order chi connectivity index (χ1) is 12.5. The Hall–Kier alpha value is -1.60. The van der Waals surface area contributed by atoms with Gasteiger partial charge in [-0.05, 0) is 32.1 Å². The molecule has 0 unspecified atom stereocenters. The van der Waals surface area contributed by atoms with Gasteiger partial charge in [0, 0.05) is 43.1 Å². The van der Waals surface area contributed by atoms with Crippen molar-refractivity contribution in [3.8, 4) is 0 Å². The first kappa shape index (κ1) is 18.7. The maximum absolute atomic E-state index is 13.5. The van der Waals surface area contributed by atoms with Crippen molar-refractivity contribution in [2.24, 2.45) is 5.92 Å². The fourth-order valence-electron chi connectivity index (χ4n) is 4.77. The highest BCUT2D eigenvalue weighted by molar-refractivity contribution is 5.91. The topological polar surface area (TPSA) is 46.9 Å². The number of rotatable bonds is 5. The van der Waals surface area contributed by atoms with E-state index in [9.17, 15) is 22.4 Å². The molecule has 1 heterocycles. The van der Waals surface area contributed by atoms with Gasteiger partial charge in [0.25, 0.3) is 0 Å². The van der Waals surface area contributed by atoms with Crippen molar-refractivity contribution in [1.29, 1.82) is 0 Å². The third-order valence-electron chi connectivity index (χ3n) is 6.34. The van der Waals surface area contributed by atoms with E-state index >= 15 is 0 Å². The zero-order valence-corrected chi connectivity index (χ0v) is 15.6. The lowest BCUT2D eigenvalue weighted by molar-refractivity contribution is -0.130. The number of halogens is 4. The molecule has 1 aromatic rings. The monoisotopic (exact) mass is 387 g/mol. The van der Waals surface area contributed by atoms with Crippen LogP contribution in [0, 0.1) is 12.8 Å². The van der Waals surface area contributed by atoms with E-state index in [-0.39, 0.29) is 50.0 Å². The molecule has 150 valence electrons. The highest BCUT2D eigenvalue weighted by atomic mass is 19.3. The second kappa shape index (κ2) is 5.95. The second-order valence-corrected chi connectivity index (χ2v) is 9.00. The Morgan fingerprint density at radius 2 is 1.81 bits per heavy atom. The summed E-state index contributed by atoms with van der Waals surface area (Å²) in [5, 5.41) is 7.47. The number of carbonyl (C=O) groups excluding carboxylic acids is 1. The van der Waals surface area contributed by atoms with Crippen molar-refractivity contribution in [3.63, 3.8) is 0 Å². The SMILES string of the molecule is Cc1c(C2(C)CC(F)(F)C2)nn(C2CCC2)c1NC(=O)CC1CC(F)(F)C1. The Labute approximate surface area is 155 Å². The fraction of sp³-hybridized carbons (Fsp3) is 0.789. The number of aromatic nitrogens is 2. The van der Waals surface area contributed by atoms with Gasteiger partial charge in [-0.1, -0.05) is 6.92 Å².